The minimum atomic E-state index is -0.442. The number of fused-ring (bicyclic) bond motifs is 2. The van der Waals surface area contributed by atoms with Crippen molar-refractivity contribution in [2.45, 2.75) is 44.6 Å². The second-order valence-corrected chi connectivity index (χ2v) is 7.41. The second kappa shape index (κ2) is 5.22. The fourth-order valence-electron chi connectivity index (χ4n) is 3.40. The van der Waals surface area contributed by atoms with E-state index in [1.165, 1.54) is 11.3 Å². The van der Waals surface area contributed by atoms with Crippen molar-refractivity contribution in [3.8, 4) is 0 Å². The average molecular weight is 298 g/mol. The van der Waals surface area contributed by atoms with Gasteiger partial charge in [0.25, 0.3) is 0 Å². The molecule has 1 N–H and O–H groups in total. The Morgan fingerprint density at radius 2 is 2.00 bits per heavy atom. The van der Waals surface area contributed by atoms with E-state index >= 15 is 0 Å². The van der Waals surface area contributed by atoms with Crippen LogP contribution >= 0.6 is 0 Å². The Morgan fingerprint density at radius 3 is 2.64 bits per heavy atom. The van der Waals surface area contributed by atoms with Gasteiger partial charge < -0.3 is 15.0 Å². The molecule has 0 aromatic heterocycles. The van der Waals surface area contributed by atoms with E-state index < -0.39 is 5.60 Å². The van der Waals surface area contributed by atoms with Crippen LogP contribution in [0.4, 0.5) is 10.5 Å². The molecule has 22 heavy (non-hydrogen) atoms. The van der Waals surface area contributed by atoms with Gasteiger partial charge in [0.05, 0.1) is 0 Å². The van der Waals surface area contributed by atoms with Gasteiger partial charge >= 0.3 is 6.09 Å². The third-order valence-corrected chi connectivity index (χ3v) is 4.60. The molecule has 2 radical (unpaired) electrons. The maximum Gasteiger partial charge on any atom is 0.410 e. The van der Waals surface area contributed by atoms with Gasteiger partial charge in [0.15, 0.2) is 0 Å². The molecule has 0 atom stereocenters. The van der Waals surface area contributed by atoms with Gasteiger partial charge in [-0.2, -0.15) is 0 Å². The highest BCUT2D eigenvalue weighted by atomic mass is 16.6. The lowest BCUT2D eigenvalue weighted by Gasteiger charge is -2.39. The molecule has 5 heteroatoms. The number of hydrogen-bond donors (Lipinski definition) is 1. The lowest BCUT2D eigenvalue weighted by Crippen LogP contribution is -2.47. The molecule has 4 nitrogen and oxygen atoms in total. The van der Waals surface area contributed by atoms with E-state index in [4.69, 9.17) is 12.6 Å². The molecular formula is C17H23BN2O2. The molecule has 3 rings (SSSR count). The highest BCUT2D eigenvalue weighted by molar-refractivity contribution is 6.32. The first-order valence-corrected chi connectivity index (χ1v) is 7.91. The Bertz CT molecular complexity index is 587. The van der Waals surface area contributed by atoms with Gasteiger partial charge in [-0.1, -0.05) is 17.6 Å². The van der Waals surface area contributed by atoms with E-state index in [0.717, 1.165) is 37.9 Å². The minimum absolute atomic E-state index is 0.100. The molecule has 0 aliphatic carbocycles. The van der Waals surface area contributed by atoms with Crippen LogP contribution in [0.25, 0.3) is 0 Å². The fraction of sp³-hybridized carbons (Fsp3) is 0.588. The Labute approximate surface area is 133 Å². The highest BCUT2D eigenvalue weighted by Crippen LogP contribution is 2.43. The van der Waals surface area contributed by atoms with E-state index in [2.05, 4.69) is 17.4 Å². The number of carbonyl (C=O) groups excluding carboxylic acids is 1. The molecule has 1 saturated heterocycles. The number of amides is 1. The fourth-order valence-corrected chi connectivity index (χ4v) is 3.40. The molecule has 1 spiro atoms. The molecule has 2 aliphatic heterocycles. The van der Waals surface area contributed by atoms with Crippen molar-refractivity contribution in [3.05, 3.63) is 23.8 Å². The summed E-state index contributed by atoms with van der Waals surface area (Å²) in [6.07, 6.45) is 1.67. The summed E-state index contributed by atoms with van der Waals surface area (Å²) in [5.41, 5.74) is 2.94. The molecule has 116 valence electrons. The second-order valence-electron chi connectivity index (χ2n) is 7.41. The van der Waals surface area contributed by atoms with E-state index in [9.17, 15) is 4.79 Å². The van der Waals surface area contributed by atoms with Crippen LogP contribution in [0.3, 0.4) is 0 Å². The van der Waals surface area contributed by atoms with Crippen LogP contribution < -0.4 is 10.8 Å². The Hall–Kier alpha value is -1.65. The Balaban J connectivity index is 1.71. The van der Waals surface area contributed by atoms with Crippen molar-refractivity contribution in [1.82, 2.24) is 4.90 Å². The van der Waals surface area contributed by atoms with Crippen molar-refractivity contribution in [2.24, 2.45) is 0 Å². The number of nitrogens with one attached hydrogen (secondary N) is 1. The number of piperidine rings is 1. The Kier molecular flexibility index (Phi) is 3.62. The Morgan fingerprint density at radius 1 is 1.32 bits per heavy atom. The first-order valence-electron chi connectivity index (χ1n) is 7.91. The standard InChI is InChI=1S/C17H23BN2O2/c1-16(2,3)22-15(21)20-8-6-17(7-9-20)11-19-14-5-4-12(18)10-13(14)17/h4-5,10,19H,6-9,11H2,1-3H3. The van der Waals surface area contributed by atoms with E-state index in [0.29, 0.717) is 0 Å². The maximum absolute atomic E-state index is 12.2. The zero-order valence-electron chi connectivity index (χ0n) is 13.6. The van der Waals surface area contributed by atoms with Gasteiger partial charge in [-0.15, -0.1) is 0 Å². The predicted molar refractivity (Wildman–Crippen MR) is 89.0 cm³/mol. The predicted octanol–water partition coefficient (Wildman–Crippen LogP) is 2.17. The number of carbonyl (C=O) groups is 1. The van der Waals surface area contributed by atoms with Crippen molar-refractivity contribution in [1.29, 1.82) is 0 Å². The van der Waals surface area contributed by atoms with E-state index in [1.54, 1.807) is 0 Å². The zero-order chi connectivity index (χ0) is 16.0. The smallest absolute Gasteiger partial charge is 0.410 e. The summed E-state index contributed by atoms with van der Waals surface area (Å²) in [6, 6.07) is 6.07. The minimum Gasteiger partial charge on any atom is -0.444 e. The summed E-state index contributed by atoms with van der Waals surface area (Å²) < 4.78 is 5.47. The first-order chi connectivity index (χ1) is 10.3. The highest BCUT2D eigenvalue weighted by Gasteiger charge is 2.42. The van der Waals surface area contributed by atoms with Gasteiger partial charge in [-0.25, -0.2) is 4.79 Å². The summed E-state index contributed by atoms with van der Waals surface area (Å²) in [6.45, 7) is 8.08. The number of ether oxygens (including phenoxy) is 1. The van der Waals surface area contributed by atoms with Gasteiger partial charge in [0, 0.05) is 30.7 Å². The van der Waals surface area contributed by atoms with Gasteiger partial charge in [-0.3, -0.25) is 0 Å². The van der Waals surface area contributed by atoms with Gasteiger partial charge in [0.2, 0.25) is 0 Å². The van der Waals surface area contributed by atoms with Crippen LogP contribution in [0.1, 0.15) is 39.2 Å². The monoisotopic (exact) mass is 298 g/mol. The van der Waals surface area contributed by atoms with Crippen LogP contribution in [-0.4, -0.2) is 44.1 Å². The first kappa shape index (κ1) is 15.3. The number of likely N-dealkylation sites (tertiary alicyclic amines) is 1. The molecule has 1 fully saturated rings. The summed E-state index contributed by atoms with van der Waals surface area (Å²) in [5, 5.41) is 3.48. The molecule has 1 aromatic carbocycles. The van der Waals surface area contributed by atoms with Crippen LogP contribution in [0, 0.1) is 0 Å². The van der Waals surface area contributed by atoms with E-state index in [1.807, 2.05) is 31.7 Å². The molecule has 1 aromatic rings. The SMILES string of the molecule is [B]c1ccc2c(c1)C1(CCN(C(=O)OC(C)(C)C)CC1)CN2. The third-order valence-electron chi connectivity index (χ3n) is 4.60. The maximum atomic E-state index is 12.2. The average Bonchev–Trinajstić information content (AvgIpc) is 2.76. The van der Waals surface area contributed by atoms with Gasteiger partial charge in [-0.05, 0) is 45.2 Å². The lowest BCUT2D eigenvalue weighted by atomic mass is 9.73. The summed E-state index contributed by atoms with van der Waals surface area (Å²) >= 11 is 0. The number of hydrogen-bond acceptors (Lipinski definition) is 3. The van der Waals surface area contributed by atoms with Crippen LogP contribution in [0.15, 0.2) is 18.2 Å². The number of benzene rings is 1. The molecular weight excluding hydrogens is 275 g/mol. The van der Waals surface area contributed by atoms with Crippen molar-refractivity contribution in [2.75, 3.05) is 25.0 Å². The van der Waals surface area contributed by atoms with Crippen LogP contribution in [0.5, 0.6) is 0 Å². The lowest BCUT2D eigenvalue weighted by molar-refractivity contribution is 0.0172. The van der Waals surface area contributed by atoms with Crippen molar-refractivity contribution < 1.29 is 9.53 Å². The summed E-state index contributed by atoms with van der Waals surface area (Å²) in [4.78, 5) is 14.0. The summed E-state index contributed by atoms with van der Waals surface area (Å²) in [5.74, 6) is 0. The molecule has 2 heterocycles. The quantitative estimate of drug-likeness (QED) is 0.746. The normalized spacial score (nSPS) is 19.7. The number of anilines is 1. The van der Waals surface area contributed by atoms with Crippen LogP contribution in [-0.2, 0) is 10.2 Å². The molecule has 1 amide bonds. The molecule has 0 unspecified atom stereocenters. The van der Waals surface area contributed by atoms with Crippen molar-refractivity contribution >= 4 is 25.1 Å². The number of rotatable bonds is 0. The molecule has 2 aliphatic rings. The molecule has 0 bridgehead atoms. The molecule has 0 saturated carbocycles. The third kappa shape index (κ3) is 2.81. The zero-order valence-corrected chi connectivity index (χ0v) is 13.6. The van der Waals surface area contributed by atoms with E-state index in [-0.39, 0.29) is 11.5 Å². The topological polar surface area (TPSA) is 41.6 Å². The summed E-state index contributed by atoms with van der Waals surface area (Å²) in [7, 11) is 5.95. The number of nitrogens with zero attached hydrogens (tertiary/aromatic N) is 1. The largest absolute Gasteiger partial charge is 0.444 e. The van der Waals surface area contributed by atoms with Gasteiger partial charge in [0.1, 0.15) is 13.4 Å². The van der Waals surface area contributed by atoms with Crippen LogP contribution in [0.2, 0.25) is 0 Å². The van der Waals surface area contributed by atoms with Crippen molar-refractivity contribution in [3.63, 3.8) is 0 Å².